The maximum atomic E-state index is 10.3. The van der Waals surface area contributed by atoms with E-state index in [0.29, 0.717) is 36.3 Å². The molecule has 6 aromatic carbocycles. The molecule has 0 bridgehead atoms. The van der Waals surface area contributed by atoms with Crippen LogP contribution in [0.1, 0.15) is 45.0 Å². The predicted octanol–water partition coefficient (Wildman–Crippen LogP) is 9.40. The molecule has 3 unspecified atom stereocenters. The number of nitrogens with zero attached hydrogens (tertiary/aromatic N) is 1. The molecule has 6 heteroatoms. The van der Waals surface area contributed by atoms with Crippen molar-refractivity contribution >= 4 is 33.1 Å². The third-order valence-electron chi connectivity index (χ3n) is 10.9. The highest BCUT2D eigenvalue weighted by Gasteiger charge is 2.33. The number of benzene rings is 6. The Morgan fingerprint density at radius 1 is 0.740 bits per heavy atom. The van der Waals surface area contributed by atoms with Crippen LogP contribution in [0.4, 0.5) is 0 Å². The number of fused-ring (bicyclic) bond motifs is 9. The lowest BCUT2D eigenvalue weighted by Gasteiger charge is -2.41. The summed E-state index contributed by atoms with van der Waals surface area (Å²) in [6.45, 7) is 2.86. The van der Waals surface area contributed by atoms with Gasteiger partial charge in [-0.05, 0) is 80.1 Å². The van der Waals surface area contributed by atoms with E-state index in [1.54, 1.807) is 31.4 Å². The smallest absolute Gasteiger partial charge is 0.168 e. The van der Waals surface area contributed by atoms with Crippen molar-refractivity contribution in [2.24, 2.45) is 0 Å². The lowest BCUT2D eigenvalue weighted by molar-refractivity contribution is -0.0670. The van der Waals surface area contributed by atoms with Crippen LogP contribution in [0.2, 0.25) is 5.02 Å². The first kappa shape index (κ1) is 32.8. The SMILES string of the molecule is COc1c(O)ccc2ccc3c4c(c(Cl)cc3c12)CC(OCc1ccccc1)C(OC)C4.c1ccc2c(c1)CC1c3ccccc3CCN1C2. The van der Waals surface area contributed by atoms with Crippen LogP contribution in [-0.2, 0) is 48.3 Å². The fourth-order valence-electron chi connectivity index (χ4n) is 8.31. The van der Waals surface area contributed by atoms with Gasteiger partial charge in [-0.25, -0.2) is 0 Å². The maximum absolute atomic E-state index is 10.3. The Bertz CT molecular complexity index is 2170. The standard InChI is InChI=1S/C27H25ClO4.C17H17N/c1-30-24-13-19-18-10-8-17-9-11-23(29)27(31-2)26(17)21(18)12-22(28)20(19)14-25(24)32-15-16-6-4-3-5-7-16;1-2-7-15-12-18-10-9-13-5-3-4-8-16(13)17(18)11-14(15)6-1/h3-12,24-25,29H,13-15H2,1-2H3;1-8,17H,9-12H2. The van der Waals surface area contributed by atoms with Gasteiger partial charge in [-0.15, -0.1) is 0 Å². The van der Waals surface area contributed by atoms with Gasteiger partial charge in [0.15, 0.2) is 11.5 Å². The molecule has 0 saturated carbocycles. The minimum atomic E-state index is -0.0818. The zero-order valence-electron chi connectivity index (χ0n) is 28.6. The van der Waals surface area contributed by atoms with E-state index in [-0.39, 0.29) is 18.0 Å². The van der Waals surface area contributed by atoms with Gasteiger partial charge in [-0.2, -0.15) is 0 Å². The van der Waals surface area contributed by atoms with Crippen LogP contribution < -0.4 is 4.74 Å². The van der Waals surface area contributed by atoms with Crippen molar-refractivity contribution in [3.63, 3.8) is 0 Å². The van der Waals surface area contributed by atoms with Crippen LogP contribution in [0.15, 0.2) is 109 Å². The fraction of sp³-hybridized carbons (Fsp3) is 0.273. The second-order valence-corrected chi connectivity index (χ2v) is 14.0. The summed E-state index contributed by atoms with van der Waals surface area (Å²) in [4.78, 5) is 2.64. The summed E-state index contributed by atoms with van der Waals surface area (Å²) < 4.78 is 17.7. The molecule has 254 valence electrons. The van der Waals surface area contributed by atoms with Crippen LogP contribution in [0.3, 0.4) is 0 Å². The molecule has 2 aliphatic heterocycles. The number of phenolic OH excluding ortho intramolecular Hbond substituents is 1. The molecule has 2 heterocycles. The van der Waals surface area contributed by atoms with Crippen LogP contribution >= 0.6 is 11.6 Å². The fourth-order valence-corrected chi connectivity index (χ4v) is 8.61. The van der Waals surface area contributed by atoms with Gasteiger partial charge < -0.3 is 19.3 Å². The first-order chi connectivity index (χ1) is 24.5. The van der Waals surface area contributed by atoms with E-state index in [2.05, 4.69) is 77.7 Å². The van der Waals surface area contributed by atoms with Gasteiger partial charge in [0.1, 0.15) is 0 Å². The lowest BCUT2D eigenvalue weighted by Crippen LogP contribution is -2.39. The summed E-state index contributed by atoms with van der Waals surface area (Å²) in [6, 6.07) is 38.4. The zero-order chi connectivity index (χ0) is 34.2. The molecule has 0 fully saturated rings. The molecule has 3 aliphatic rings. The Hall–Kier alpha value is -4.39. The van der Waals surface area contributed by atoms with Crippen molar-refractivity contribution in [2.45, 2.75) is 57.1 Å². The predicted molar refractivity (Wildman–Crippen MR) is 201 cm³/mol. The highest BCUT2D eigenvalue weighted by atomic mass is 35.5. The summed E-state index contributed by atoms with van der Waals surface area (Å²) in [7, 11) is 3.31. The first-order valence-corrected chi connectivity index (χ1v) is 17.9. The van der Waals surface area contributed by atoms with E-state index in [1.165, 1.54) is 36.1 Å². The Kier molecular flexibility index (Phi) is 9.24. The van der Waals surface area contributed by atoms with E-state index < -0.39 is 0 Å². The summed E-state index contributed by atoms with van der Waals surface area (Å²) in [6.07, 6.45) is 3.61. The minimum absolute atomic E-state index is 0.0744. The lowest BCUT2D eigenvalue weighted by atomic mass is 9.83. The summed E-state index contributed by atoms with van der Waals surface area (Å²) in [5.41, 5.74) is 9.58. The van der Waals surface area contributed by atoms with Crippen molar-refractivity contribution < 1.29 is 19.3 Å². The second-order valence-electron chi connectivity index (χ2n) is 13.6. The largest absolute Gasteiger partial charge is 0.504 e. The van der Waals surface area contributed by atoms with Gasteiger partial charge in [0.2, 0.25) is 0 Å². The molecule has 0 radical (unpaired) electrons. The van der Waals surface area contributed by atoms with Crippen molar-refractivity contribution in [1.82, 2.24) is 4.90 Å². The van der Waals surface area contributed by atoms with Crippen molar-refractivity contribution in [2.75, 3.05) is 20.8 Å². The minimum Gasteiger partial charge on any atom is -0.504 e. The van der Waals surface area contributed by atoms with Gasteiger partial charge in [-0.3, -0.25) is 4.90 Å². The number of methoxy groups -OCH3 is 2. The highest BCUT2D eigenvalue weighted by molar-refractivity contribution is 6.33. The molecule has 0 amide bonds. The van der Waals surface area contributed by atoms with Crippen LogP contribution in [0.25, 0.3) is 21.5 Å². The normalized spacial score (nSPS) is 19.5. The number of hydrogen-bond donors (Lipinski definition) is 1. The maximum Gasteiger partial charge on any atom is 0.168 e. The molecule has 1 aliphatic carbocycles. The van der Waals surface area contributed by atoms with E-state index >= 15 is 0 Å². The molecule has 6 aromatic rings. The summed E-state index contributed by atoms with van der Waals surface area (Å²) >= 11 is 6.83. The van der Waals surface area contributed by atoms with E-state index in [1.807, 2.05) is 30.3 Å². The van der Waals surface area contributed by atoms with Gasteiger partial charge in [0.05, 0.1) is 25.9 Å². The number of phenols is 1. The molecule has 50 heavy (non-hydrogen) atoms. The number of rotatable bonds is 5. The van der Waals surface area contributed by atoms with E-state index in [9.17, 15) is 5.11 Å². The van der Waals surface area contributed by atoms with E-state index in [4.69, 9.17) is 25.8 Å². The molecular formula is C44H42ClNO4. The van der Waals surface area contributed by atoms with Crippen LogP contribution in [0.5, 0.6) is 11.5 Å². The molecule has 9 rings (SSSR count). The quantitative estimate of drug-likeness (QED) is 0.184. The van der Waals surface area contributed by atoms with Crippen molar-refractivity contribution in [3.8, 4) is 11.5 Å². The molecule has 0 saturated heterocycles. The first-order valence-electron chi connectivity index (χ1n) is 17.5. The van der Waals surface area contributed by atoms with Gasteiger partial charge >= 0.3 is 0 Å². The molecule has 5 nitrogen and oxygen atoms in total. The second kappa shape index (κ2) is 14.1. The third-order valence-corrected chi connectivity index (χ3v) is 11.2. The van der Waals surface area contributed by atoms with E-state index in [0.717, 1.165) is 39.2 Å². The third kappa shape index (κ3) is 6.13. The Morgan fingerprint density at radius 2 is 1.46 bits per heavy atom. The van der Waals surface area contributed by atoms with Gasteiger partial charge in [-0.1, -0.05) is 109 Å². The topological polar surface area (TPSA) is 51.2 Å². The monoisotopic (exact) mass is 683 g/mol. The van der Waals surface area contributed by atoms with Crippen molar-refractivity contribution in [3.05, 3.63) is 153 Å². The highest BCUT2D eigenvalue weighted by Crippen LogP contribution is 2.44. The number of ether oxygens (including phenoxy) is 3. The molecule has 1 N–H and O–H groups in total. The molecule has 3 atom stereocenters. The van der Waals surface area contributed by atoms with Crippen LogP contribution in [-0.4, -0.2) is 43.0 Å². The Morgan fingerprint density at radius 3 is 2.26 bits per heavy atom. The number of halogens is 1. The average Bonchev–Trinajstić information content (AvgIpc) is 3.16. The summed E-state index contributed by atoms with van der Waals surface area (Å²) in [5.74, 6) is 0.581. The summed E-state index contributed by atoms with van der Waals surface area (Å²) in [5, 5.41) is 15.0. The van der Waals surface area contributed by atoms with Crippen LogP contribution in [0, 0.1) is 0 Å². The van der Waals surface area contributed by atoms with Gasteiger partial charge in [0, 0.05) is 49.5 Å². The molecule has 0 spiro atoms. The number of aromatic hydroxyl groups is 1. The average molecular weight is 684 g/mol. The Balaban J connectivity index is 0.000000168. The Labute approximate surface area is 299 Å². The molecule has 0 aromatic heterocycles. The van der Waals surface area contributed by atoms with Crippen molar-refractivity contribution in [1.29, 1.82) is 0 Å². The molecular weight excluding hydrogens is 642 g/mol. The zero-order valence-corrected chi connectivity index (χ0v) is 29.3. The number of hydrogen-bond acceptors (Lipinski definition) is 5. The van der Waals surface area contributed by atoms with Gasteiger partial charge in [0.25, 0.3) is 0 Å².